The first kappa shape index (κ1) is 25.1. The molecule has 33 heavy (non-hydrogen) atoms. The zero-order chi connectivity index (χ0) is 23.5. The zero-order valence-corrected chi connectivity index (χ0v) is 20.3. The number of para-hydroxylation sites is 1. The van der Waals surface area contributed by atoms with Crippen molar-refractivity contribution >= 4 is 5.97 Å². The Morgan fingerprint density at radius 2 is 1.52 bits per heavy atom. The molecular formula is C27H38N2O4. The first-order chi connectivity index (χ1) is 16.1. The van der Waals surface area contributed by atoms with Gasteiger partial charge in [-0.05, 0) is 37.2 Å². The molecule has 1 aliphatic rings. The van der Waals surface area contributed by atoms with E-state index in [-0.39, 0.29) is 0 Å². The maximum Gasteiger partial charge on any atom is 0.343 e. The van der Waals surface area contributed by atoms with Gasteiger partial charge in [0.15, 0.2) is 11.5 Å². The molecule has 0 radical (unpaired) electrons. The molecule has 1 heterocycles. The predicted octanol–water partition coefficient (Wildman–Crippen LogP) is 5.01. The molecule has 0 saturated carbocycles. The summed E-state index contributed by atoms with van der Waals surface area (Å²) < 4.78 is 16.3. The molecular weight excluding hydrogens is 416 g/mol. The number of unbranched alkanes of at least 4 members (excludes halogenated alkanes) is 4. The summed E-state index contributed by atoms with van der Waals surface area (Å²) in [7, 11) is 3.12. The average Bonchev–Trinajstić information content (AvgIpc) is 2.85. The van der Waals surface area contributed by atoms with Gasteiger partial charge in [0.2, 0.25) is 0 Å². The Bertz CT molecular complexity index is 878. The molecule has 0 aliphatic carbocycles. The Morgan fingerprint density at radius 3 is 2.24 bits per heavy atom. The van der Waals surface area contributed by atoms with Crippen LogP contribution in [0.5, 0.6) is 17.2 Å². The molecule has 0 unspecified atom stereocenters. The van der Waals surface area contributed by atoms with E-state index < -0.39 is 5.97 Å². The molecule has 1 fully saturated rings. The second kappa shape index (κ2) is 13.2. The molecule has 0 bridgehead atoms. The van der Waals surface area contributed by atoms with E-state index in [0.717, 1.165) is 38.3 Å². The van der Waals surface area contributed by atoms with Gasteiger partial charge in [-0.25, -0.2) is 4.79 Å². The van der Waals surface area contributed by atoms with Crippen molar-refractivity contribution in [1.82, 2.24) is 9.80 Å². The van der Waals surface area contributed by atoms with Gasteiger partial charge < -0.3 is 19.1 Å². The number of esters is 1. The SMILES string of the molecule is CCCCCCCN1CCN(Cc2ccccc2OC(=O)c2ccc(OC)c(OC)c2)CC1. The van der Waals surface area contributed by atoms with E-state index in [2.05, 4.69) is 16.7 Å². The minimum absolute atomic E-state index is 0.406. The largest absolute Gasteiger partial charge is 0.493 e. The van der Waals surface area contributed by atoms with Crippen LogP contribution in [0.3, 0.4) is 0 Å². The second-order valence-electron chi connectivity index (χ2n) is 8.60. The summed E-state index contributed by atoms with van der Waals surface area (Å²) in [6.07, 6.45) is 6.64. The molecule has 1 saturated heterocycles. The molecule has 0 amide bonds. The summed E-state index contributed by atoms with van der Waals surface area (Å²) in [5.41, 5.74) is 1.45. The standard InChI is InChI=1S/C27H38N2O4/c1-4-5-6-7-10-15-28-16-18-29(19-17-28)21-23-11-8-9-12-24(23)33-27(30)22-13-14-25(31-2)26(20-22)32-3/h8-9,11-14,20H,4-7,10,15-19,21H2,1-3H3. The topological polar surface area (TPSA) is 51.2 Å². The third-order valence-electron chi connectivity index (χ3n) is 6.23. The molecule has 0 N–H and O–H groups in total. The number of hydrogen-bond donors (Lipinski definition) is 0. The van der Waals surface area contributed by atoms with E-state index in [4.69, 9.17) is 14.2 Å². The third kappa shape index (κ3) is 7.47. The van der Waals surface area contributed by atoms with Crippen molar-refractivity contribution in [2.45, 2.75) is 45.6 Å². The van der Waals surface area contributed by atoms with Crippen molar-refractivity contribution in [3.63, 3.8) is 0 Å². The van der Waals surface area contributed by atoms with Gasteiger partial charge in [0.1, 0.15) is 5.75 Å². The number of carbonyl (C=O) groups excluding carboxylic acids is 1. The van der Waals surface area contributed by atoms with Gasteiger partial charge >= 0.3 is 5.97 Å². The average molecular weight is 455 g/mol. The fourth-order valence-corrected chi connectivity index (χ4v) is 4.21. The molecule has 3 rings (SSSR count). The Kier molecular flexibility index (Phi) is 10.0. The molecule has 0 spiro atoms. The monoisotopic (exact) mass is 454 g/mol. The summed E-state index contributed by atoms with van der Waals surface area (Å²) in [5, 5.41) is 0. The maximum absolute atomic E-state index is 12.8. The lowest BCUT2D eigenvalue weighted by Gasteiger charge is -2.35. The number of nitrogens with zero attached hydrogens (tertiary/aromatic N) is 2. The molecule has 0 atom stereocenters. The van der Waals surface area contributed by atoms with Crippen LogP contribution in [-0.4, -0.2) is 62.7 Å². The van der Waals surface area contributed by atoms with E-state index in [9.17, 15) is 4.79 Å². The lowest BCUT2D eigenvalue weighted by Crippen LogP contribution is -2.46. The van der Waals surface area contributed by atoms with Crippen molar-refractivity contribution in [3.05, 3.63) is 53.6 Å². The minimum Gasteiger partial charge on any atom is -0.493 e. The van der Waals surface area contributed by atoms with Crippen LogP contribution in [0.15, 0.2) is 42.5 Å². The van der Waals surface area contributed by atoms with Crippen LogP contribution in [0.25, 0.3) is 0 Å². The van der Waals surface area contributed by atoms with Gasteiger partial charge in [-0.1, -0.05) is 50.8 Å². The summed E-state index contributed by atoms with van der Waals surface area (Å²) in [5.74, 6) is 1.28. The van der Waals surface area contributed by atoms with Crippen molar-refractivity contribution in [1.29, 1.82) is 0 Å². The Balaban J connectivity index is 1.53. The van der Waals surface area contributed by atoms with Crippen molar-refractivity contribution < 1.29 is 19.0 Å². The van der Waals surface area contributed by atoms with Crippen molar-refractivity contribution in [2.75, 3.05) is 46.9 Å². The Labute approximate surface area is 198 Å². The molecule has 0 aromatic heterocycles. The van der Waals surface area contributed by atoms with Crippen LogP contribution in [0.4, 0.5) is 0 Å². The van der Waals surface area contributed by atoms with Gasteiger partial charge in [-0.3, -0.25) is 4.90 Å². The van der Waals surface area contributed by atoms with Crippen molar-refractivity contribution in [2.24, 2.45) is 0 Å². The molecule has 180 valence electrons. The molecule has 6 nitrogen and oxygen atoms in total. The smallest absolute Gasteiger partial charge is 0.343 e. The minimum atomic E-state index is -0.406. The summed E-state index contributed by atoms with van der Waals surface area (Å²) in [4.78, 5) is 17.8. The van der Waals surface area contributed by atoms with E-state index >= 15 is 0 Å². The number of ether oxygens (including phenoxy) is 3. The molecule has 6 heteroatoms. The number of piperazine rings is 1. The molecule has 2 aromatic carbocycles. The highest BCUT2D eigenvalue weighted by molar-refractivity contribution is 5.92. The van der Waals surface area contributed by atoms with Crippen LogP contribution < -0.4 is 14.2 Å². The predicted molar refractivity (Wildman–Crippen MR) is 131 cm³/mol. The van der Waals surface area contributed by atoms with Gasteiger partial charge in [0.25, 0.3) is 0 Å². The zero-order valence-electron chi connectivity index (χ0n) is 20.3. The maximum atomic E-state index is 12.8. The van der Waals surface area contributed by atoms with E-state index in [0.29, 0.717) is 22.8 Å². The first-order valence-corrected chi connectivity index (χ1v) is 12.1. The highest BCUT2D eigenvalue weighted by Gasteiger charge is 2.19. The van der Waals surface area contributed by atoms with E-state index in [1.54, 1.807) is 32.4 Å². The van der Waals surface area contributed by atoms with E-state index in [1.165, 1.54) is 38.6 Å². The highest BCUT2D eigenvalue weighted by atomic mass is 16.5. The van der Waals surface area contributed by atoms with Gasteiger partial charge in [-0.15, -0.1) is 0 Å². The van der Waals surface area contributed by atoms with Crippen LogP contribution in [0, 0.1) is 0 Å². The number of methoxy groups -OCH3 is 2. The van der Waals surface area contributed by atoms with Gasteiger partial charge in [0.05, 0.1) is 19.8 Å². The summed E-state index contributed by atoms with van der Waals surface area (Å²) in [6, 6.07) is 12.8. The van der Waals surface area contributed by atoms with Crippen LogP contribution in [0.2, 0.25) is 0 Å². The highest BCUT2D eigenvalue weighted by Crippen LogP contribution is 2.29. The lowest BCUT2D eigenvalue weighted by atomic mass is 10.1. The fraction of sp³-hybridized carbons (Fsp3) is 0.519. The van der Waals surface area contributed by atoms with Crippen molar-refractivity contribution in [3.8, 4) is 17.2 Å². The quantitative estimate of drug-likeness (QED) is 0.255. The van der Waals surface area contributed by atoms with Crippen LogP contribution in [-0.2, 0) is 6.54 Å². The fourth-order valence-electron chi connectivity index (χ4n) is 4.21. The molecule has 1 aliphatic heterocycles. The first-order valence-electron chi connectivity index (χ1n) is 12.1. The number of carbonyl (C=O) groups is 1. The van der Waals surface area contributed by atoms with Gasteiger partial charge in [-0.2, -0.15) is 0 Å². The lowest BCUT2D eigenvalue weighted by molar-refractivity contribution is 0.0728. The number of benzene rings is 2. The van der Waals surface area contributed by atoms with Crippen LogP contribution in [0.1, 0.15) is 54.9 Å². The Morgan fingerprint density at radius 1 is 0.818 bits per heavy atom. The van der Waals surface area contributed by atoms with Gasteiger partial charge in [0, 0.05) is 38.3 Å². The normalized spacial score (nSPS) is 14.8. The summed E-state index contributed by atoms with van der Waals surface area (Å²) >= 11 is 0. The van der Waals surface area contributed by atoms with Crippen LogP contribution >= 0.6 is 0 Å². The Hall–Kier alpha value is -2.57. The third-order valence-corrected chi connectivity index (χ3v) is 6.23. The van der Waals surface area contributed by atoms with E-state index in [1.807, 2.05) is 24.3 Å². The summed E-state index contributed by atoms with van der Waals surface area (Å²) in [6.45, 7) is 8.51. The molecule has 2 aromatic rings. The number of rotatable bonds is 12. The number of hydrogen-bond acceptors (Lipinski definition) is 6. The second-order valence-corrected chi connectivity index (χ2v) is 8.60.